The fourth-order valence-electron chi connectivity index (χ4n) is 2.02. The molecule has 4 heteroatoms. The highest BCUT2D eigenvalue weighted by molar-refractivity contribution is 6.17. The zero-order valence-corrected chi connectivity index (χ0v) is 10.7. The van der Waals surface area contributed by atoms with Gasteiger partial charge in [0.05, 0.1) is 5.88 Å². The normalized spacial score (nSPS) is 10.8. The highest BCUT2D eigenvalue weighted by Gasteiger charge is 2.09. The van der Waals surface area contributed by atoms with Crippen LogP contribution in [0.3, 0.4) is 0 Å². The van der Waals surface area contributed by atoms with Crippen LogP contribution in [0.2, 0.25) is 0 Å². The summed E-state index contributed by atoms with van der Waals surface area (Å²) < 4.78 is 13.7. The Morgan fingerprint density at radius 1 is 0.947 bits per heavy atom. The van der Waals surface area contributed by atoms with Crippen LogP contribution in [0.5, 0.6) is 0 Å². The van der Waals surface area contributed by atoms with Gasteiger partial charge in [0.15, 0.2) is 5.82 Å². The van der Waals surface area contributed by atoms with Crippen molar-refractivity contribution in [3.05, 3.63) is 60.2 Å². The van der Waals surface area contributed by atoms with Crippen LogP contribution in [-0.4, -0.2) is 9.97 Å². The SMILES string of the molecule is Fc1ccc(-c2ncc(CCl)cn2)c2ccccc12. The molecule has 0 amide bonds. The number of rotatable bonds is 2. The van der Waals surface area contributed by atoms with E-state index in [1.807, 2.05) is 18.2 Å². The summed E-state index contributed by atoms with van der Waals surface area (Å²) in [6, 6.07) is 10.4. The van der Waals surface area contributed by atoms with Crippen molar-refractivity contribution < 1.29 is 4.39 Å². The first-order valence-electron chi connectivity index (χ1n) is 5.84. The average Bonchev–Trinajstić information content (AvgIpc) is 2.48. The Labute approximate surface area is 114 Å². The third kappa shape index (κ3) is 2.17. The summed E-state index contributed by atoms with van der Waals surface area (Å²) in [7, 11) is 0. The predicted octanol–water partition coefficient (Wildman–Crippen LogP) is 4.17. The van der Waals surface area contributed by atoms with E-state index in [9.17, 15) is 4.39 Å². The molecule has 19 heavy (non-hydrogen) atoms. The molecule has 0 atom stereocenters. The molecule has 0 unspecified atom stereocenters. The molecule has 0 saturated heterocycles. The summed E-state index contributed by atoms with van der Waals surface area (Å²) in [5, 5.41) is 1.38. The monoisotopic (exact) mass is 272 g/mol. The van der Waals surface area contributed by atoms with Crippen LogP contribution >= 0.6 is 11.6 Å². The molecule has 3 aromatic rings. The first-order chi connectivity index (χ1) is 9.29. The van der Waals surface area contributed by atoms with Gasteiger partial charge in [-0.05, 0) is 17.5 Å². The quantitative estimate of drug-likeness (QED) is 0.654. The lowest BCUT2D eigenvalue weighted by molar-refractivity contribution is 0.640. The Hall–Kier alpha value is -2.00. The molecule has 0 N–H and O–H groups in total. The molecule has 2 nitrogen and oxygen atoms in total. The Kier molecular flexibility index (Phi) is 3.13. The van der Waals surface area contributed by atoms with Gasteiger partial charge in [-0.2, -0.15) is 0 Å². The predicted molar refractivity (Wildman–Crippen MR) is 74.5 cm³/mol. The summed E-state index contributed by atoms with van der Waals surface area (Å²) >= 11 is 5.71. The van der Waals surface area contributed by atoms with Gasteiger partial charge in [-0.3, -0.25) is 0 Å². The Morgan fingerprint density at radius 2 is 1.63 bits per heavy atom. The lowest BCUT2D eigenvalue weighted by atomic mass is 10.0. The fourth-order valence-corrected chi connectivity index (χ4v) is 2.16. The highest BCUT2D eigenvalue weighted by Crippen LogP contribution is 2.27. The van der Waals surface area contributed by atoms with E-state index < -0.39 is 0 Å². The Bertz CT molecular complexity index is 726. The molecule has 0 spiro atoms. The van der Waals surface area contributed by atoms with Crippen molar-refractivity contribution >= 4 is 22.4 Å². The second-order valence-corrected chi connectivity index (χ2v) is 4.46. The van der Waals surface area contributed by atoms with Gasteiger partial charge in [0.25, 0.3) is 0 Å². The zero-order chi connectivity index (χ0) is 13.2. The standard InChI is InChI=1S/C15H10ClFN2/c16-7-10-8-18-15(19-9-10)13-5-6-14(17)12-4-2-1-3-11(12)13/h1-6,8-9H,7H2. The number of alkyl halides is 1. The number of benzene rings is 2. The largest absolute Gasteiger partial charge is 0.236 e. The molecule has 3 rings (SSSR count). The molecule has 0 aliphatic rings. The van der Waals surface area contributed by atoms with Gasteiger partial charge < -0.3 is 0 Å². The number of hydrogen-bond acceptors (Lipinski definition) is 2. The highest BCUT2D eigenvalue weighted by atomic mass is 35.5. The van der Waals surface area contributed by atoms with E-state index in [-0.39, 0.29) is 5.82 Å². The van der Waals surface area contributed by atoms with Crippen molar-refractivity contribution in [3.63, 3.8) is 0 Å². The van der Waals surface area contributed by atoms with Crippen molar-refractivity contribution in [2.75, 3.05) is 0 Å². The molecule has 2 aromatic carbocycles. The maximum atomic E-state index is 13.7. The maximum Gasteiger partial charge on any atom is 0.159 e. The minimum Gasteiger partial charge on any atom is -0.236 e. The van der Waals surface area contributed by atoms with E-state index >= 15 is 0 Å². The molecule has 0 aliphatic carbocycles. The van der Waals surface area contributed by atoms with Gasteiger partial charge in [-0.1, -0.05) is 24.3 Å². The molecular formula is C15H10ClFN2. The van der Waals surface area contributed by atoms with Crippen LogP contribution in [0.1, 0.15) is 5.56 Å². The van der Waals surface area contributed by atoms with E-state index in [0.29, 0.717) is 17.1 Å². The molecule has 0 aliphatic heterocycles. The summed E-state index contributed by atoms with van der Waals surface area (Å²) in [4.78, 5) is 8.56. The van der Waals surface area contributed by atoms with Crippen LogP contribution in [0, 0.1) is 5.82 Å². The molecule has 1 aromatic heterocycles. The minimum absolute atomic E-state index is 0.239. The molecule has 0 saturated carbocycles. The van der Waals surface area contributed by atoms with Crippen molar-refractivity contribution in [2.45, 2.75) is 5.88 Å². The molecule has 1 heterocycles. The van der Waals surface area contributed by atoms with Crippen molar-refractivity contribution in [1.82, 2.24) is 9.97 Å². The summed E-state index contributed by atoms with van der Waals surface area (Å²) in [5.74, 6) is 0.714. The van der Waals surface area contributed by atoms with E-state index in [2.05, 4.69) is 9.97 Å². The average molecular weight is 273 g/mol. The fraction of sp³-hybridized carbons (Fsp3) is 0.0667. The number of hydrogen-bond donors (Lipinski definition) is 0. The Morgan fingerprint density at radius 3 is 2.32 bits per heavy atom. The van der Waals surface area contributed by atoms with Crippen molar-refractivity contribution in [2.24, 2.45) is 0 Å². The van der Waals surface area contributed by atoms with E-state index in [1.165, 1.54) is 6.07 Å². The second kappa shape index (κ2) is 4.94. The minimum atomic E-state index is -0.239. The summed E-state index contributed by atoms with van der Waals surface area (Å²) in [6.07, 6.45) is 3.38. The molecular weight excluding hydrogens is 263 g/mol. The van der Waals surface area contributed by atoms with Gasteiger partial charge in [-0.25, -0.2) is 14.4 Å². The van der Waals surface area contributed by atoms with Crippen LogP contribution in [0.4, 0.5) is 4.39 Å². The van der Waals surface area contributed by atoms with Gasteiger partial charge in [0.2, 0.25) is 0 Å². The lowest BCUT2D eigenvalue weighted by Crippen LogP contribution is -1.92. The lowest BCUT2D eigenvalue weighted by Gasteiger charge is -2.06. The Balaban J connectivity index is 2.21. The topological polar surface area (TPSA) is 25.8 Å². The molecule has 0 radical (unpaired) electrons. The second-order valence-electron chi connectivity index (χ2n) is 4.19. The van der Waals surface area contributed by atoms with Crippen molar-refractivity contribution in [1.29, 1.82) is 0 Å². The first kappa shape index (κ1) is 12.1. The molecule has 94 valence electrons. The smallest absolute Gasteiger partial charge is 0.159 e. The van der Waals surface area contributed by atoms with Gasteiger partial charge in [0.1, 0.15) is 5.82 Å². The first-order valence-corrected chi connectivity index (χ1v) is 6.37. The van der Waals surface area contributed by atoms with Crippen LogP contribution in [0.15, 0.2) is 48.8 Å². The van der Waals surface area contributed by atoms with Crippen LogP contribution < -0.4 is 0 Å². The molecule has 0 fully saturated rings. The number of halogens is 2. The van der Waals surface area contributed by atoms with E-state index in [1.54, 1.807) is 24.5 Å². The zero-order valence-electron chi connectivity index (χ0n) is 9.98. The van der Waals surface area contributed by atoms with Gasteiger partial charge in [0, 0.05) is 28.9 Å². The third-order valence-electron chi connectivity index (χ3n) is 2.97. The number of aromatic nitrogens is 2. The van der Waals surface area contributed by atoms with Crippen molar-refractivity contribution in [3.8, 4) is 11.4 Å². The number of fused-ring (bicyclic) bond motifs is 1. The van der Waals surface area contributed by atoms with E-state index in [0.717, 1.165) is 16.5 Å². The summed E-state index contributed by atoms with van der Waals surface area (Å²) in [5.41, 5.74) is 1.68. The van der Waals surface area contributed by atoms with Gasteiger partial charge in [-0.15, -0.1) is 11.6 Å². The van der Waals surface area contributed by atoms with Crippen LogP contribution in [-0.2, 0) is 5.88 Å². The van der Waals surface area contributed by atoms with Crippen LogP contribution in [0.25, 0.3) is 22.2 Å². The van der Waals surface area contributed by atoms with Gasteiger partial charge >= 0.3 is 0 Å². The maximum absolute atomic E-state index is 13.7. The third-order valence-corrected chi connectivity index (χ3v) is 3.28. The van der Waals surface area contributed by atoms with E-state index in [4.69, 9.17) is 11.6 Å². The number of nitrogens with zero attached hydrogens (tertiary/aromatic N) is 2. The summed E-state index contributed by atoms with van der Waals surface area (Å²) in [6.45, 7) is 0. The molecule has 0 bridgehead atoms.